The van der Waals surface area contributed by atoms with Crippen molar-refractivity contribution in [3.63, 3.8) is 0 Å². The average molecular weight is 350 g/mol. The Morgan fingerprint density at radius 3 is 2.48 bits per heavy atom. The van der Waals surface area contributed by atoms with Gasteiger partial charge in [0.1, 0.15) is 11.4 Å². The van der Waals surface area contributed by atoms with Crippen LogP contribution in [0.1, 0.15) is 10.4 Å². The van der Waals surface area contributed by atoms with Crippen LogP contribution in [0.3, 0.4) is 0 Å². The van der Waals surface area contributed by atoms with E-state index in [1.807, 2.05) is 36.4 Å². The molecule has 4 rings (SSSR count). The van der Waals surface area contributed by atoms with Crippen molar-refractivity contribution in [2.75, 3.05) is 0 Å². The topological polar surface area (TPSA) is 52.3 Å². The molecule has 0 N–H and O–H groups in total. The van der Waals surface area contributed by atoms with E-state index >= 15 is 0 Å². The van der Waals surface area contributed by atoms with E-state index in [4.69, 9.17) is 20.9 Å². The maximum Gasteiger partial charge on any atom is 0.343 e. The van der Waals surface area contributed by atoms with Crippen molar-refractivity contribution in [3.8, 4) is 17.0 Å². The molecule has 0 amide bonds. The Balaban J connectivity index is 1.62. The van der Waals surface area contributed by atoms with Crippen LogP contribution in [0.4, 0.5) is 0 Å². The normalized spacial score (nSPS) is 10.8. The molecular formula is C20H12ClNO3. The molecule has 0 saturated heterocycles. The predicted molar refractivity (Wildman–Crippen MR) is 95.9 cm³/mol. The Morgan fingerprint density at radius 1 is 0.960 bits per heavy atom. The fourth-order valence-electron chi connectivity index (χ4n) is 2.54. The molecule has 122 valence electrons. The predicted octanol–water partition coefficient (Wildman–Crippen LogP) is 5.37. The molecule has 4 nitrogen and oxygen atoms in total. The zero-order valence-electron chi connectivity index (χ0n) is 13.0. The van der Waals surface area contributed by atoms with Gasteiger partial charge in [0, 0.05) is 22.0 Å². The van der Waals surface area contributed by atoms with E-state index < -0.39 is 5.97 Å². The minimum atomic E-state index is -0.459. The summed E-state index contributed by atoms with van der Waals surface area (Å²) in [5.41, 5.74) is 2.70. The van der Waals surface area contributed by atoms with E-state index in [2.05, 4.69) is 5.16 Å². The standard InChI is InChI=1S/C20H12ClNO3/c21-15-8-6-14(7-9-15)20(23)24-16-10-11-17-18(12-16)25-22-19(17)13-4-2-1-3-5-13/h1-12H. The van der Waals surface area contributed by atoms with Gasteiger partial charge in [-0.25, -0.2) is 4.79 Å². The van der Waals surface area contributed by atoms with Crippen molar-refractivity contribution in [2.45, 2.75) is 0 Å². The van der Waals surface area contributed by atoms with Crippen LogP contribution in [-0.4, -0.2) is 11.1 Å². The summed E-state index contributed by atoms with van der Waals surface area (Å²) in [7, 11) is 0. The zero-order valence-corrected chi connectivity index (χ0v) is 13.7. The van der Waals surface area contributed by atoms with Crippen LogP contribution < -0.4 is 4.74 Å². The number of hydrogen-bond acceptors (Lipinski definition) is 4. The summed E-state index contributed by atoms with van der Waals surface area (Å²) in [5.74, 6) is -0.0676. The highest BCUT2D eigenvalue weighted by Gasteiger charge is 2.13. The molecule has 1 heterocycles. The number of rotatable bonds is 3. The summed E-state index contributed by atoms with van der Waals surface area (Å²) in [4.78, 5) is 12.2. The van der Waals surface area contributed by atoms with E-state index in [0.717, 1.165) is 16.6 Å². The molecule has 0 unspecified atom stereocenters. The SMILES string of the molecule is O=C(Oc1ccc2c(-c3ccccc3)noc2c1)c1ccc(Cl)cc1. The molecular weight excluding hydrogens is 338 g/mol. The van der Waals surface area contributed by atoms with Crippen molar-refractivity contribution in [3.05, 3.63) is 83.4 Å². The van der Waals surface area contributed by atoms with Gasteiger partial charge in [0.25, 0.3) is 0 Å². The molecule has 25 heavy (non-hydrogen) atoms. The summed E-state index contributed by atoms with van der Waals surface area (Å²) in [6, 6.07) is 21.5. The van der Waals surface area contributed by atoms with Gasteiger partial charge < -0.3 is 9.26 Å². The Bertz CT molecular complexity index is 1040. The smallest absolute Gasteiger partial charge is 0.343 e. The first-order chi connectivity index (χ1) is 12.2. The van der Waals surface area contributed by atoms with Crippen LogP contribution >= 0.6 is 11.6 Å². The van der Waals surface area contributed by atoms with Crippen LogP contribution in [0.2, 0.25) is 5.02 Å². The van der Waals surface area contributed by atoms with Crippen LogP contribution in [0, 0.1) is 0 Å². The van der Waals surface area contributed by atoms with E-state index in [1.165, 1.54) is 0 Å². The molecule has 0 aliphatic rings. The lowest BCUT2D eigenvalue weighted by Gasteiger charge is -2.04. The van der Waals surface area contributed by atoms with Crippen molar-refractivity contribution in [1.29, 1.82) is 0 Å². The highest BCUT2D eigenvalue weighted by Crippen LogP contribution is 2.30. The first-order valence-corrected chi connectivity index (χ1v) is 8.01. The van der Waals surface area contributed by atoms with Gasteiger partial charge in [0.05, 0.1) is 5.56 Å². The Morgan fingerprint density at radius 2 is 1.72 bits per heavy atom. The molecule has 5 heteroatoms. The molecule has 0 aliphatic carbocycles. The van der Waals surface area contributed by atoms with Gasteiger partial charge in [-0.05, 0) is 36.4 Å². The van der Waals surface area contributed by atoms with Crippen molar-refractivity contribution in [2.24, 2.45) is 0 Å². The molecule has 0 aliphatic heterocycles. The van der Waals surface area contributed by atoms with Crippen molar-refractivity contribution in [1.82, 2.24) is 5.16 Å². The number of fused-ring (bicyclic) bond motifs is 1. The molecule has 0 saturated carbocycles. The van der Waals surface area contributed by atoms with E-state index in [0.29, 0.717) is 21.9 Å². The maximum atomic E-state index is 12.2. The Hall–Kier alpha value is -3.11. The maximum absolute atomic E-state index is 12.2. The average Bonchev–Trinajstić information content (AvgIpc) is 3.06. The van der Waals surface area contributed by atoms with Gasteiger partial charge in [-0.3, -0.25) is 0 Å². The summed E-state index contributed by atoms with van der Waals surface area (Å²) in [6.45, 7) is 0. The summed E-state index contributed by atoms with van der Waals surface area (Å²) in [6.07, 6.45) is 0. The van der Waals surface area contributed by atoms with Crippen molar-refractivity contribution >= 4 is 28.5 Å². The fraction of sp³-hybridized carbons (Fsp3) is 0. The lowest BCUT2D eigenvalue weighted by molar-refractivity contribution is 0.0735. The van der Waals surface area contributed by atoms with Gasteiger partial charge in [-0.2, -0.15) is 0 Å². The Labute approximate surface area is 148 Å². The number of nitrogens with zero attached hydrogens (tertiary/aromatic N) is 1. The largest absolute Gasteiger partial charge is 0.423 e. The fourth-order valence-corrected chi connectivity index (χ4v) is 2.66. The van der Waals surface area contributed by atoms with Gasteiger partial charge in [0.15, 0.2) is 5.58 Å². The minimum Gasteiger partial charge on any atom is -0.423 e. The van der Waals surface area contributed by atoms with Crippen LogP contribution in [-0.2, 0) is 0 Å². The van der Waals surface area contributed by atoms with Gasteiger partial charge in [0.2, 0.25) is 0 Å². The first-order valence-electron chi connectivity index (χ1n) is 7.63. The molecule has 0 fully saturated rings. The number of aromatic nitrogens is 1. The zero-order chi connectivity index (χ0) is 17.2. The molecule has 0 radical (unpaired) electrons. The molecule has 1 aromatic heterocycles. The van der Waals surface area contributed by atoms with Crippen LogP contribution in [0.15, 0.2) is 77.3 Å². The number of carbonyl (C=O) groups excluding carboxylic acids is 1. The third-order valence-electron chi connectivity index (χ3n) is 3.78. The van der Waals surface area contributed by atoms with E-state index in [9.17, 15) is 4.79 Å². The molecule has 0 atom stereocenters. The monoisotopic (exact) mass is 349 g/mol. The number of ether oxygens (including phenoxy) is 1. The second kappa shape index (κ2) is 6.42. The lowest BCUT2D eigenvalue weighted by atomic mass is 10.1. The third-order valence-corrected chi connectivity index (χ3v) is 4.03. The molecule has 0 spiro atoms. The van der Waals surface area contributed by atoms with Gasteiger partial charge >= 0.3 is 5.97 Å². The third kappa shape index (κ3) is 3.12. The van der Waals surface area contributed by atoms with E-state index in [1.54, 1.807) is 36.4 Å². The highest BCUT2D eigenvalue weighted by molar-refractivity contribution is 6.30. The lowest BCUT2D eigenvalue weighted by Crippen LogP contribution is -2.07. The molecule has 3 aromatic carbocycles. The summed E-state index contributed by atoms with van der Waals surface area (Å²) in [5, 5.41) is 5.55. The Kier molecular flexibility index (Phi) is 3.96. The van der Waals surface area contributed by atoms with Crippen LogP contribution in [0.5, 0.6) is 5.75 Å². The number of hydrogen-bond donors (Lipinski definition) is 0. The van der Waals surface area contributed by atoms with Crippen molar-refractivity contribution < 1.29 is 14.1 Å². The molecule has 4 aromatic rings. The first kappa shape index (κ1) is 15.4. The number of carbonyl (C=O) groups is 1. The number of halogens is 1. The molecule has 0 bridgehead atoms. The van der Waals surface area contributed by atoms with Gasteiger partial charge in [-0.1, -0.05) is 47.1 Å². The summed E-state index contributed by atoms with van der Waals surface area (Å²) < 4.78 is 10.8. The second-order valence-corrected chi connectivity index (χ2v) is 5.89. The highest BCUT2D eigenvalue weighted by atomic mass is 35.5. The minimum absolute atomic E-state index is 0.392. The quantitative estimate of drug-likeness (QED) is 0.368. The van der Waals surface area contributed by atoms with Crippen LogP contribution in [0.25, 0.3) is 22.2 Å². The van der Waals surface area contributed by atoms with Gasteiger partial charge in [-0.15, -0.1) is 0 Å². The van der Waals surface area contributed by atoms with E-state index in [-0.39, 0.29) is 0 Å². The second-order valence-electron chi connectivity index (χ2n) is 5.45. The summed E-state index contributed by atoms with van der Waals surface area (Å²) >= 11 is 5.82. The number of benzene rings is 3. The number of esters is 1.